The maximum absolute atomic E-state index is 2.44. The Labute approximate surface area is 292 Å². The van der Waals surface area contributed by atoms with Gasteiger partial charge in [0, 0.05) is 27.6 Å². The van der Waals surface area contributed by atoms with Crippen LogP contribution in [0, 0.1) is 0 Å². The fourth-order valence-corrected chi connectivity index (χ4v) is 7.35. The molecule has 0 radical (unpaired) electrons. The first kappa shape index (κ1) is 29.5. The molecule has 0 atom stereocenters. The number of anilines is 3. The number of benzene rings is 8. The van der Waals surface area contributed by atoms with E-state index in [0.717, 1.165) is 28.3 Å². The van der Waals surface area contributed by atoms with Crippen molar-refractivity contribution in [3.63, 3.8) is 0 Å². The van der Waals surface area contributed by atoms with E-state index in [-0.39, 0.29) is 0 Å². The monoisotopic (exact) mass is 638 g/mol. The number of para-hydroxylation sites is 3. The van der Waals surface area contributed by atoms with Gasteiger partial charge in [-0.15, -0.1) is 0 Å². The average molecular weight is 639 g/mol. The minimum atomic E-state index is 1.10. The summed E-state index contributed by atoms with van der Waals surface area (Å²) in [6.07, 6.45) is 0. The van der Waals surface area contributed by atoms with Gasteiger partial charge in [-0.25, -0.2) is 0 Å². The van der Waals surface area contributed by atoms with Gasteiger partial charge in [0.05, 0.1) is 28.1 Å². The first-order chi connectivity index (χ1) is 24.8. The normalized spacial score (nSPS) is 11.2. The molecule has 0 spiro atoms. The molecule has 0 aliphatic rings. The molecule has 2 nitrogen and oxygen atoms in total. The van der Waals surface area contributed by atoms with E-state index in [9.17, 15) is 0 Å². The smallest absolute Gasteiger partial charge is 0.0562 e. The van der Waals surface area contributed by atoms with Gasteiger partial charge in [-0.3, -0.25) is 0 Å². The maximum Gasteiger partial charge on any atom is 0.0562 e. The highest BCUT2D eigenvalue weighted by Gasteiger charge is 2.23. The SMILES string of the molecule is c1ccc(-c2ccc(N(c3ccccc3-c3ccccc3)c3cccc4c3c3ccccc3n4-c3ccccc3-c3ccccc3)cc2)cc1. The van der Waals surface area contributed by atoms with Gasteiger partial charge in [0.2, 0.25) is 0 Å². The Bertz CT molecular complexity index is 2570. The van der Waals surface area contributed by atoms with E-state index in [0.29, 0.717) is 0 Å². The van der Waals surface area contributed by atoms with Gasteiger partial charge in [0.1, 0.15) is 0 Å². The lowest BCUT2D eigenvalue weighted by Crippen LogP contribution is -2.11. The van der Waals surface area contributed by atoms with Crippen LogP contribution >= 0.6 is 0 Å². The molecule has 9 rings (SSSR count). The summed E-state index contributed by atoms with van der Waals surface area (Å²) < 4.78 is 2.44. The molecule has 0 aliphatic heterocycles. The van der Waals surface area contributed by atoms with Crippen LogP contribution in [0.15, 0.2) is 206 Å². The highest BCUT2D eigenvalue weighted by Crippen LogP contribution is 2.47. The third-order valence-corrected chi connectivity index (χ3v) is 9.61. The molecule has 0 aliphatic carbocycles. The number of fused-ring (bicyclic) bond motifs is 3. The molecule has 1 aromatic heterocycles. The lowest BCUT2D eigenvalue weighted by molar-refractivity contribution is 1.18. The van der Waals surface area contributed by atoms with Gasteiger partial charge in [-0.2, -0.15) is 0 Å². The molecule has 0 saturated heterocycles. The van der Waals surface area contributed by atoms with Crippen LogP contribution in [0.5, 0.6) is 0 Å². The summed E-state index contributed by atoms with van der Waals surface area (Å²) >= 11 is 0. The number of rotatable bonds is 7. The number of nitrogens with zero attached hydrogens (tertiary/aromatic N) is 2. The molecule has 236 valence electrons. The van der Waals surface area contributed by atoms with Gasteiger partial charge in [-0.05, 0) is 64.7 Å². The highest BCUT2D eigenvalue weighted by atomic mass is 15.2. The van der Waals surface area contributed by atoms with Crippen LogP contribution in [-0.4, -0.2) is 4.57 Å². The van der Waals surface area contributed by atoms with Gasteiger partial charge in [0.15, 0.2) is 0 Å². The summed E-state index contributed by atoms with van der Waals surface area (Å²) in [6, 6.07) is 74.0. The molecule has 0 unspecified atom stereocenters. The standard InChI is InChI=1S/C48H34N2/c1-4-17-35(18-5-1)36-31-33-39(34-32-36)49(43-26-13-10-23-40(43)37-19-6-2-7-20-37)46-29-16-30-47-48(46)42-25-12-15-28-45(42)50(47)44-27-14-11-24-41(44)38-21-8-3-9-22-38/h1-34H. The van der Waals surface area contributed by atoms with E-state index in [1.165, 1.54) is 49.7 Å². The number of aromatic nitrogens is 1. The average Bonchev–Trinajstić information content (AvgIpc) is 3.54. The molecular weight excluding hydrogens is 605 g/mol. The largest absolute Gasteiger partial charge is 0.309 e. The van der Waals surface area contributed by atoms with Crippen molar-refractivity contribution in [2.75, 3.05) is 4.90 Å². The van der Waals surface area contributed by atoms with Gasteiger partial charge in [-0.1, -0.05) is 164 Å². The quantitative estimate of drug-likeness (QED) is 0.169. The van der Waals surface area contributed by atoms with Crippen molar-refractivity contribution in [3.8, 4) is 39.1 Å². The third kappa shape index (κ3) is 5.15. The predicted octanol–water partition coefficient (Wildman–Crippen LogP) is 13.3. The molecule has 8 aromatic carbocycles. The minimum absolute atomic E-state index is 1.10. The minimum Gasteiger partial charge on any atom is -0.309 e. The second-order valence-electron chi connectivity index (χ2n) is 12.5. The van der Waals surface area contributed by atoms with Crippen LogP contribution in [0.4, 0.5) is 17.1 Å². The third-order valence-electron chi connectivity index (χ3n) is 9.61. The zero-order valence-corrected chi connectivity index (χ0v) is 27.5. The Morgan fingerprint density at radius 1 is 0.320 bits per heavy atom. The molecule has 1 heterocycles. The van der Waals surface area contributed by atoms with E-state index in [2.05, 4.69) is 216 Å². The Hall–Kier alpha value is -6.64. The second-order valence-corrected chi connectivity index (χ2v) is 12.5. The molecule has 0 bridgehead atoms. The zero-order chi connectivity index (χ0) is 33.3. The van der Waals surface area contributed by atoms with Gasteiger partial charge in [0.25, 0.3) is 0 Å². The number of hydrogen-bond donors (Lipinski definition) is 0. The van der Waals surface area contributed by atoms with Crippen molar-refractivity contribution >= 4 is 38.9 Å². The van der Waals surface area contributed by atoms with Crippen LogP contribution in [0.25, 0.3) is 60.9 Å². The molecule has 9 aromatic rings. The van der Waals surface area contributed by atoms with E-state index in [1.54, 1.807) is 0 Å². The first-order valence-electron chi connectivity index (χ1n) is 17.1. The van der Waals surface area contributed by atoms with Crippen molar-refractivity contribution in [3.05, 3.63) is 206 Å². The first-order valence-corrected chi connectivity index (χ1v) is 17.1. The maximum atomic E-state index is 2.44. The van der Waals surface area contributed by atoms with Crippen LogP contribution in [0.1, 0.15) is 0 Å². The highest BCUT2D eigenvalue weighted by molar-refractivity contribution is 6.17. The Balaban J connectivity index is 1.33. The number of hydrogen-bond acceptors (Lipinski definition) is 1. The van der Waals surface area contributed by atoms with E-state index in [4.69, 9.17) is 0 Å². The van der Waals surface area contributed by atoms with E-state index in [1.807, 2.05) is 0 Å². The topological polar surface area (TPSA) is 8.17 Å². The molecular formula is C48H34N2. The van der Waals surface area contributed by atoms with Crippen LogP contribution < -0.4 is 4.90 Å². The van der Waals surface area contributed by atoms with E-state index < -0.39 is 0 Å². The zero-order valence-electron chi connectivity index (χ0n) is 27.5. The van der Waals surface area contributed by atoms with Crippen molar-refractivity contribution in [1.29, 1.82) is 0 Å². The predicted molar refractivity (Wildman–Crippen MR) is 212 cm³/mol. The molecule has 0 amide bonds. The van der Waals surface area contributed by atoms with Crippen molar-refractivity contribution < 1.29 is 0 Å². The molecule has 0 N–H and O–H groups in total. The summed E-state index contributed by atoms with van der Waals surface area (Å²) in [7, 11) is 0. The molecule has 0 fully saturated rings. The van der Waals surface area contributed by atoms with Crippen LogP contribution in [-0.2, 0) is 0 Å². The van der Waals surface area contributed by atoms with E-state index >= 15 is 0 Å². The summed E-state index contributed by atoms with van der Waals surface area (Å²) in [6.45, 7) is 0. The summed E-state index contributed by atoms with van der Waals surface area (Å²) in [5.41, 5.74) is 14.0. The van der Waals surface area contributed by atoms with Gasteiger partial charge < -0.3 is 9.47 Å². The van der Waals surface area contributed by atoms with Gasteiger partial charge >= 0.3 is 0 Å². The summed E-state index contributed by atoms with van der Waals surface area (Å²) in [5, 5.41) is 2.42. The Kier molecular flexibility index (Phi) is 7.53. The molecule has 50 heavy (non-hydrogen) atoms. The fourth-order valence-electron chi connectivity index (χ4n) is 7.35. The molecule has 2 heteroatoms. The van der Waals surface area contributed by atoms with Crippen molar-refractivity contribution in [2.45, 2.75) is 0 Å². The Morgan fingerprint density at radius 3 is 1.54 bits per heavy atom. The fraction of sp³-hybridized carbons (Fsp3) is 0. The summed E-state index contributed by atoms with van der Waals surface area (Å²) in [5.74, 6) is 0. The Morgan fingerprint density at radius 2 is 0.820 bits per heavy atom. The van der Waals surface area contributed by atoms with Crippen LogP contribution in [0.3, 0.4) is 0 Å². The van der Waals surface area contributed by atoms with Crippen molar-refractivity contribution in [2.24, 2.45) is 0 Å². The second kappa shape index (κ2) is 12.8. The summed E-state index contributed by atoms with van der Waals surface area (Å²) in [4.78, 5) is 2.44. The lowest BCUT2D eigenvalue weighted by atomic mass is 10.00. The molecule has 0 saturated carbocycles. The van der Waals surface area contributed by atoms with Crippen molar-refractivity contribution in [1.82, 2.24) is 4.57 Å². The van der Waals surface area contributed by atoms with Crippen LogP contribution in [0.2, 0.25) is 0 Å². The lowest BCUT2D eigenvalue weighted by Gasteiger charge is -2.29.